The maximum absolute atomic E-state index is 3.27. The third-order valence-corrected chi connectivity index (χ3v) is 3.75. The third-order valence-electron chi connectivity index (χ3n) is 3.75. The summed E-state index contributed by atoms with van der Waals surface area (Å²) in [5.41, 5.74) is 2.65. The van der Waals surface area contributed by atoms with Crippen molar-refractivity contribution < 1.29 is 0 Å². The second-order valence-corrected chi connectivity index (χ2v) is 5.54. The molecular weight excluding hydrogens is 222 g/mol. The molecule has 18 heavy (non-hydrogen) atoms. The fourth-order valence-electron chi connectivity index (χ4n) is 2.46. The molecule has 0 aliphatic heterocycles. The van der Waals surface area contributed by atoms with E-state index in [1.807, 2.05) is 7.05 Å². The number of anilines is 1. The number of aryl methyl sites for hydroxylation is 1. The van der Waals surface area contributed by atoms with Crippen LogP contribution in [0.5, 0.6) is 0 Å². The number of nitrogens with one attached hydrogen (secondary N) is 1. The molecule has 0 atom stereocenters. The minimum atomic E-state index is 0.0822. The topological polar surface area (TPSA) is 20.2 Å². The maximum Gasteiger partial charge on any atom is 0.0628 e. The van der Waals surface area contributed by atoms with Crippen LogP contribution in [0.25, 0.3) is 10.9 Å². The van der Waals surface area contributed by atoms with Crippen molar-refractivity contribution in [2.24, 2.45) is 7.05 Å². The van der Waals surface area contributed by atoms with Gasteiger partial charge in [0, 0.05) is 43.3 Å². The Labute approximate surface area is 109 Å². The van der Waals surface area contributed by atoms with Crippen LogP contribution in [0, 0.1) is 0 Å². The van der Waals surface area contributed by atoms with E-state index >= 15 is 0 Å². The number of para-hydroxylation sites is 1. The van der Waals surface area contributed by atoms with Gasteiger partial charge in [-0.1, -0.05) is 18.2 Å². The first-order valence-electron chi connectivity index (χ1n) is 6.40. The highest BCUT2D eigenvalue weighted by Crippen LogP contribution is 2.31. The van der Waals surface area contributed by atoms with Gasteiger partial charge in [-0.05, 0) is 27.0 Å². The molecule has 98 valence electrons. The average molecular weight is 245 g/mol. The molecule has 0 saturated carbocycles. The first-order valence-corrected chi connectivity index (χ1v) is 6.40. The van der Waals surface area contributed by atoms with Gasteiger partial charge in [-0.15, -0.1) is 0 Å². The number of hydrogen-bond donors (Lipinski definition) is 1. The molecule has 0 amide bonds. The Morgan fingerprint density at radius 1 is 1.28 bits per heavy atom. The highest BCUT2D eigenvalue weighted by molar-refractivity contribution is 5.93. The van der Waals surface area contributed by atoms with Crippen LogP contribution in [0.1, 0.15) is 13.8 Å². The first kappa shape index (κ1) is 13.0. The van der Waals surface area contributed by atoms with E-state index < -0.39 is 0 Å². The van der Waals surface area contributed by atoms with Crippen LogP contribution in [-0.4, -0.2) is 30.7 Å². The van der Waals surface area contributed by atoms with E-state index in [1.165, 1.54) is 16.6 Å². The highest BCUT2D eigenvalue weighted by Gasteiger charge is 2.25. The molecule has 0 radical (unpaired) electrons. The van der Waals surface area contributed by atoms with Crippen molar-refractivity contribution in [3.05, 3.63) is 30.5 Å². The zero-order valence-corrected chi connectivity index (χ0v) is 12.0. The van der Waals surface area contributed by atoms with Crippen LogP contribution in [0.3, 0.4) is 0 Å². The number of benzene rings is 1. The molecule has 2 rings (SSSR count). The molecule has 1 aromatic heterocycles. The fourth-order valence-corrected chi connectivity index (χ4v) is 2.46. The number of aromatic nitrogens is 1. The van der Waals surface area contributed by atoms with Gasteiger partial charge in [0.05, 0.1) is 5.69 Å². The summed E-state index contributed by atoms with van der Waals surface area (Å²) in [7, 11) is 6.27. The van der Waals surface area contributed by atoms with Crippen molar-refractivity contribution in [1.29, 1.82) is 0 Å². The van der Waals surface area contributed by atoms with Crippen LogP contribution in [0.2, 0.25) is 0 Å². The number of fused-ring (bicyclic) bond motifs is 1. The summed E-state index contributed by atoms with van der Waals surface area (Å²) >= 11 is 0. The van der Waals surface area contributed by atoms with Crippen LogP contribution >= 0.6 is 0 Å². The van der Waals surface area contributed by atoms with Crippen LogP contribution in [0.4, 0.5) is 5.69 Å². The van der Waals surface area contributed by atoms with Gasteiger partial charge in [-0.2, -0.15) is 0 Å². The predicted octanol–water partition coefficient (Wildman–Crippen LogP) is 2.61. The van der Waals surface area contributed by atoms with Crippen molar-refractivity contribution in [3.63, 3.8) is 0 Å². The molecule has 3 heteroatoms. The van der Waals surface area contributed by atoms with Crippen LogP contribution in [-0.2, 0) is 7.05 Å². The molecule has 0 aliphatic rings. The number of rotatable bonds is 4. The largest absolute Gasteiger partial charge is 0.366 e. The van der Waals surface area contributed by atoms with E-state index in [0.717, 1.165) is 6.54 Å². The second kappa shape index (κ2) is 4.65. The molecule has 0 fully saturated rings. The summed E-state index contributed by atoms with van der Waals surface area (Å²) < 4.78 is 2.19. The molecule has 1 heterocycles. The van der Waals surface area contributed by atoms with Gasteiger partial charge in [0.1, 0.15) is 0 Å². The van der Waals surface area contributed by atoms with Crippen molar-refractivity contribution in [2.75, 3.05) is 25.5 Å². The molecule has 0 unspecified atom stereocenters. The van der Waals surface area contributed by atoms with Gasteiger partial charge >= 0.3 is 0 Å². The van der Waals surface area contributed by atoms with Crippen molar-refractivity contribution in [2.45, 2.75) is 19.4 Å². The normalized spacial score (nSPS) is 12.1. The quantitative estimate of drug-likeness (QED) is 0.893. The molecule has 0 saturated heterocycles. The Bertz CT molecular complexity index is 540. The lowest BCUT2D eigenvalue weighted by Crippen LogP contribution is -2.48. The van der Waals surface area contributed by atoms with Gasteiger partial charge in [0.25, 0.3) is 0 Å². The van der Waals surface area contributed by atoms with E-state index in [1.54, 1.807) is 0 Å². The summed E-state index contributed by atoms with van der Waals surface area (Å²) in [5.74, 6) is 0. The van der Waals surface area contributed by atoms with Crippen molar-refractivity contribution in [1.82, 2.24) is 9.88 Å². The van der Waals surface area contributed by atoms with Gasteiger partial charge in [-0.3, -0.25) is 0 Å². The Kier molecular flexibility index (Phi) is 3.35. The first-order chi connectivity index (χ1) is 8.47. The molecule has 3 nitrogen and oxygen atoms in total. The lowest BCUT2D eigenvalue weighted by atomic mass is 10.0. The van der Waals surface area contributed by atoms with Crippen LogP contribution < -0.4 is 10.2 Å². The Balaban J connectivity index is 2.48. The van der Waals surface area contributed by atoms with Crippen molar-refractivity contribution >= 4 is 16.6 Å². The monoisotopic (exact) mass is 245 g/mol. The van der Waals surface area contributed by atoms with Gasteiger partial charge in [0.2, 0.25) is 0 Å². The predicted molar refractivity (Wildman–Crippen MR) is 79.3 cm³/mol. The second-order valence-electron chi connectivity index (χ2n) is 5.54. The molecule has 2 aromatic rings. The summed E-state index contributed by atoms with van der Waals surface area (Å²) in [4.78, 5) is 2.35. The Hall–Kier alpha value is -1.48. The maximum atomic E-state index is 3.27. The summed E-state index contributed by atoms with van der Waals surface area (Å²) in [6.07, 6.45) is 2.21. The van der Waals surface area contributed by atoms with Crippen LogP contribution in [0.15, 0.2) is 30.5 Å². The molecule has 1 N–H and O–H groups in total. The summed E-state index contributed by atoms with van der Waals surface area (Å²) in [6, 6.07) is 8.55. The van der Waals surface area contributed by atoms with Gasteiger partial charge < -0.3 is 14.8 Å². The summed E-state index contributed by atoms with van der Waals surface area (Å²) in [6.45, 7) is 5.46. The fraction of sp³-hybridized carbons (Fsp3) is 0.467. The minimum absolute atomic E-state index is 0.0822. The van der Waals surface area contributed by atoms with Crippen molar-refractivity contribution in [3.8, 4) is 0 Å². The summed E-state index contributed by atoms with van der Waals surface area (Å²) in [5, 5.41) is 4.58. The number of likely N-dealkylation sites (N-methyl/N-ethyl adjacent to an activating group) is 2. The average Bonchev–Trinajstić information content (AvgIpc) is 2.66. The standard InChI is InChI=1S/C15H23N3/c1-15(2,11-16-3)18(5)14-10-17(4)13-9-7-6-8-12(13)14/h6-10,16H,11H2,1-5H3. The van der Waals surface area contributed by atoms with Gasteiger partial charge in [0.15, 0.2) is 0 Å². The molecule has 1 aromatic carbocycles. The van der Waals surface area contributed by atoms with Gasteiger partial charge in [-0.25, -0.2) is 0 Å². The Morgan fingerprint density at radius 3 is 2.61 bits per heavy atom. The van der Waals surface area contributed by atoms with E-state index in [2.05, 4.69) is 73.2 Å². The SMILES string of the molecule is CNCC(C)(C)N(C)c1cn(C)c2ccccc12. The zero-order chi connectivity index (χ0) is 13.3. The molecular formula is C15H23N3. The zero-order valence-electron chi connectivity index (χ0n) is 12.0. The van der Waals surface area contributed by atoms with E-state index in [4.69, 9.17) is 0 Å². The number of nitrogens with zero attached hydrogens (tertiary/aromatic N) is 2. The molecule has 0 aliphatic carbocycles. The number of hydrogen-bond acceptors (Lipinski definition) is 2. The highest BCUT2D eigenvalue weighted by atomic mass is 15.2. The lowest BCUT2D eigenvalue weighted by molar-refractivity contribution is 0.464. The minimum Gasteiger partial charge on any atom is -0.366 e. The van der Waals surface area contributed by atoms with E-state index in [9.17, 15) is 0 Å². The molecule has 0 spiro atoms. The smallest absolute Gasteiger partial charge is 0.0628 e. The third kappa shape index (κ3) is 2.10. The van der Waals surface area contributed by atoms with E-state index in [0.29, 0.717) is 0 Å². The van der Waals surface area contributed by atoms with E-state index in [-0.39, 0.29) is 5.54 Å². The molecule has 0 bridgehead atoms. The lowest BCUT2D eigenvalue weighted by Gasteiger charge is -2.37. The Morgan fingerprint density at radius 2 is 1.94 bits per heavy atom.